The van der Waals surface area contributed by atoms with E-state index in [2.05, 4.69) is 26.7 Å². The normalized spacial score (nSPS) is 19.4. The average Bonchev–Trinajstić information content (AvgIpc) is 3.06. The Bertz CT molecular complexity index is 806. The Hall–Kier alpha value is -2.41. The van der Waals surface area contributed by atoms with Crippen LogP contribution in [0.25, 0.3) is 11.4 Å². The molecular weight excluding hydrogens is 330 g/mol. The zero-order valence-electron chi connectivity index (χ0n) is 15.6. The zero-order valence-corrected chi connectivity index (χ0v) is 15.6. The van der Waals surface area contributed by atoms with Crippen molar-refractivity contribution in [1.29, 1.82) is 0 Å². The van der Waals surface area contributed by atoms with E-state index < -0.39 is 0 Å². The number of ether oxygens (including phenoxy) is 1. The molecule has 0 atom stereocenters. The van der Waals surface area contributed by atoms with Gasteiger partial charge in [-0.05, 0) is 44.2 Å². The first-order valence-corrected chi connectivity index (χ1v) is 9.06. The number of amides is 1. The average molecular weight is 355 g/mol. The quantitative estimate of drug-likeness (QED) is 0.821. The first-order valence-electron chi connectivity index (χ1n) is 9.06. The molecule has 0 N–H and O–H groups in total. The van der Waals surface area contributed by atoms with Gasteiger partial charge in [0.05, 0.1) is 19.2 Å². The molecule has 0 saturated carbocycles. The van der Waals surface area contributed by atoms with Gasteiger partial charge in [0.15, 0.2) is 5.82 Å². The fourth-order valence-electron chi connectivity index (χ4n) is 4.33. The van der Waals surface area contributed by atoms with Gasteiger partial charge in [-0.25, -0.2) is 0 Å². The van der Waals surface area contributed by atoms with Crippen molar-refractivity contribution in [1.82, 2.24) is 24.6 Å². The molecule has 26 heavy (non-hydrogen) atoms. The van der Waals surface area contributed by atoms with E-state index in [-0.39, 0.29) is 11.4 Å². The second-order valence-electron chi connectivity index (χ2n) is 7.41. The van der Waals surface area contributed by atoms with Crippen molar-refractivity contribution in [3.05, 3.63) is 30.1 Å². The molecule has 0 aliphatic carbocycles. The Morgan fingerprint density at radius 3 is 2.46 bits per heavy atom. The molecule has 1 aromatic heterocycles. The SMILES string of the molecule is COc1ccc(-c2nnc3n2C2(CCN(C(C)=O)CC2)CN(C)C3)cc1. The van der Waals surface area contributed by atoms with Gasteiger partial charge in [-0.3, -0.25) is 9.69 Å². The highest BCUT2D eigenvalue weighted by Gasteiger charge is 2.43. The van der Waals surface area contributed by atoms with Crippen LogP contribution in [0.2, 0.25) is 0 Å². The van der Waals surface area contributed by atoms with Crippen LogP contribution in [0.3, 0.4) is 0 Å². The first-order chi connectivity index (χ1) is 12.5. The maximum atomic E-state index is 11.8. The van der Waals surface area contributed by atoms with Gasteiger partial charge in [0.25, 0.3) is 0 Å². The number of piperidine rings is 1. The number of carbonyl (C=O) groups is 1. The molecule has 2 aliphatic heterocycles. The third-order valence-electron chi connectivity index (χ3n) is 5.67. The van der Waals surface area contributed by atoms with Gasteiger partial charge in [0.2, 0.25) is 5.91 Å². The monoisotopic (exact) mass is 355 g/mol. The lowest BCUT2D eigenvalue weighted by Crippen LogP contribution is -2.55. The molecule has 7 nitrogen and oxygen atoms in total. The molecule has 7 heteroatoms. The van der Waals surface area contributed by atoms with Crippen molar-refractivity contribution in [3.63, 3.8) is 0 Å². The third kappa shape index (κ3) is 2.76. The number of nitrogens with zero attached hydrogens (tertiary/aromatic N) is 5. The maximum Gasteiger partial charge on any atom is 0.219 e. The number of hydrogen-bond donors (Lipinski definition) is 0. The van der Waals surface area contributed by atoms with E-state index in [1.165, 1.54) is 0 Å². The van der Waals surface area contributed by atoms with Crippen LogP contribution in [0.5, 0.6) is 5.75 Å². The fourth-order valence-corrected chi connectivity index (χ4v) is 4.33. The van der Waals surface area contributed by atoms with E-state index >= 15 is 0 Å². The summed E-state index contributed by atoms with van der Waals surface area (Å²) in [4.78, 5) is 16.0. The number of carbonyl (C=O) groups excluding carboxylic acids is 1. The molecule has 0 radical (unpaired) electrons. The van der Waals surface area contributed by atoms with Crippen LogP contribution in [0.15, 0.2) is 24.3 Å². The van der Waals surface area contributed by atoms with E-state index in [0.29, 0.717) is 0 Å². The van der Waals surface area contributed by atoms with Crippen LogP contribution in [0, 0.1) is 0 Å². The summed E-state index contributed by atoms with van der Waals surface area (Å²) < 4.78 is 7.61. The molecule has 3 heterocycles. The Labute approximate surface area is 153 Å². The molecule has 138 valence electrons. The highest BCUT2D eigenvalue weighted by molar-refractivity contribution is 5.73. The largest absolute Gasteiger partial charge is 0.497 e. The number of likely N-dealkylation sites (N-methyl/N-ethyl adjacent to an activating group) is 1. The summed E-state index contributed by atoms with van der Waals surface area (Å²) in [5.74, 6) is 2.90. The Kier molecular flexibility index (Phi) is 4.19. The predicted molar refractivity (Wildman–Crippen MR) is 97.8 cm³/mol. The minimum atomic E-state index is -0.0625. The van der Waals surface area contributed by atoms with Crippen molar-refractivity contribution in [2.75, 3.05) is 33.8 Å². The number of likely N-dealkylation sites (tertiary alicyclic amines) is 1. The van der Waals surface area contributed by atoms with E-state index in [0.717, 1.165) is 62.0 Å². The summed E-state index contributed by atoms with van der Waals surface area (Å²) >= 11 is 0. The lowest BCUT2D eigenvalue weighted by atomic mass is 9.84. The fraction of sp³-hybridized carbons (Fsp3) is 0.526. The number of benzene rings is 1. The zero-order chi connectivity index (χ0) is 18.3. The van der Waals surface area contributed by atoms with E-state index in [1.54, 1.807) is 14.0 Å². The van der Waals surface area contributed by atoms with Gasteiger partial charge < -0.3 is 14.2 Å². The highest BCUT2D eigenvalue weighted by Crippen LogP contribution is 2.39. The molecule has 0 unspecified atom stereocenters. The van der Waals surface area contributed by atoms with E-state index in [4.69, 9.17) is 4.74 Å². The Balaban J connectivity index is 1.74. The van der Waals surface area contributed by atoms with Gasteiger partial charge in [-0.1, -0.05) is 0 Å². The van der Waals surface area contributed by atoms with Crippen molar-refractivity contribution in [3.8, 4) is 17.1 Å². The minimum Gasteiger partial charge on any atom is -0.497 e. The van der Waals surface area contributed by atoms with Gasteiger partial charge >= 0.3 is 0 Å². The summed E-state index contributed by atoms with van der Waals surface area (Å²) in [5, 5.41) is 9.02. The second kappa shape index (κ2) is 6.39. The molecule has 0 bridgehead atoms. The smallest absolute Gasteiger partial charge is 0.219 e. The summed E-state index contributed by atoms with van der Waals surface area (Å²) in [6.45, 7) is 4.96. The lowest BCUT2D eigenvalue weighted by Gasteiger charge is -2.48. The molecule has 2 aromatic rings. The van der Waals surface area contributed by atoms with Crippen molar-refractivity contribution in [2.24, 2.45) is 0 Å². The molecular formula is C19H25N5O2. The summed E-state index contributed by atoms with van der Waals surface area (Å²) in [7, 11) is 3.80. The molecule has 4 rings (SSSR count). The van der Waals surface area contributed by atoms with Gasteiger partial charge in [0, 0.05) is 32.1 Å². The number of fused-ring (bicyclic) bond motifs is 2. The molecule has 1 saturated heterocycles. The predicted octanol–water partition coefficient (Wildman–Crippen LogP) is 1.74. The summed E-state index contributed by atoms with van der Waals surface area (Å²) in [6.07, 6.45) is 1.84. The summed E-state index contributed by atoms with van der Waals surface area (Å²) in [6, 6.07) is 7.98. The molecule has 1 fully saturated rings. The summed E-state index contributed by atoms with van der Waals surface area (Å²) in [5.41, 5.74) is 0.982. The maximum absolute atomic E-state index is 11.8. The number of hydrogen-bond acceptors (Lipinski definition) is 5. The molecule has 1 spiro atoms. The van der Waals surface area contributed by atoms with Crippen molar-refractivity contribution in [2.45, 2.75) is 31.8 Å². The van der Waals surface area contributed by atoms with Crippen LogP contribution in [0.4, 0.5) is 0 Å². The molecule has 2 aliphatic rings. The van der Waals surface area contributed by atoms with E-state index in [9.17, 15) is 4.79 Å². The standard InChI is InChI=1S/C19H25N5O2/c1-14(25)23-10-8-19(9-11-23)13-22(2)12-17-20-21-18(24(17)19)15-4-6-16(26-3)7-5-15/h4-7H,8-13H2,1-3H3. The lowest BCUT2D eigenvalue weighted by molar-refractivity contribution is -0.131. The van der Waals surface area contributed by atoms with Gasteiger partial charge in [-0.2, -0.15) is 0 Å². The topological polar surface area (TPSA) is 63.5 Å². The number of methoxy groups -OCH3 is 1. The van der Waals surface area contributed by atoms with Crippen LogP contribution in [-0.2, 0) is 16.9 Å². The minimum absolute atomic E-state index is 0.0625. The number of aromatic nitrogens is 3. The van der Waals surface area contributed by atoms with Crippen LogP contribution < -0.4 is 4.74 Å². The highest BCUT2D eigenvalue weighted by atomic mass is 16.5. The van der Waals surface area contributed by atoms with Crippen molar-refractivity contribution < 1.29 is 9.53 Å². The Morgan fingerprint density at radius 1 is 1.15 bits per heavy atom. The van der Waals surface area contributed by atoms with Crippen LogP contribution >= 0.6 is 0 Å². The Morgan fingerprint density at radius 2 is 1.85 bits per heavy atom. The van der Waals surface area contributed by atoms with Crippen LogP contribution in [-0.4, -0.2) is 64.3 Å². The van der Waals surface area contributed by atoms with E-state index in [1.807, 2.05) is 29.2 Å². The molecule has 1 amide bonds. The van der Waals surface area contributed by atoms with Gasteiger partial charge in [-0.15, -0.1) is 10.2 Å². The molecule has 1 aromatic carbocycles. The van der Waals surface area contributed by atoms with Gasteiger partial charge in [0.1, 0.15) is 11.6 Å². The third-order valence-corrected chi connectivity index (χ3v) is 5.67. The first kappa shape index (κ1) is 17.0. The van der Waals surface area contributed by atoms with Crippen LogP contribution in [0.1, 0.15) is 25.6 Å². The number of rotatable bonds is 2. The van der Waals surface area contributed by atoms with Crippen molar-refractivity contribution >= 4 is 5.91 Å². The second-order valence-corrected chi connectivity index (χ2v) is 7.41.